The van der Waals surface area contributed by atoms with Crippen LogP contribution in [0.5, 0.6) is 0 Å². The summed E-state index contributed by atoms with van der Waals surface area (Å²) in [6, 6.07) is 0. The molecule has 7 atom stereocenters. The summed E-state index contributed by atoms with van der Waals surface area (Å²) in [7, 11) is 0. The second-order valence-electron chi connectivity index (χ2n) is 10.8. The number of esters is 1. The lowest BCUT2D eigenvalue weighted by molar-refractivity contribution is -0.143. The zero-order valence-electron chi connectivity index (χ0n) is 24.0. The Bertz CT molecular complexity index is 933. The van der Waals surface area contributed by atoms with Crippen molar-refractivity contribution in [3.63, 3.8) is 0 Å². The van der Waals surface area contributed by atoms with Gasteiger partial charge in [0.05, 0.1) is 12.7 Å². The third kappa shape index (κ3) is 12.1. The highest BCUT2D eigenvalue weighted by Crippen LogP contribution is 2.24. The second-order valence-corrected chi connectivity index (χ2v) is 10.8. The van der Waals surface area contributed by atoms with Crippen LogP contribution in [0.4, 0.5) is 0 Å². The van der Waals surface area contributed by atoms with Crippen molar-refractivity contribution < 1.29 is 24.5 Å². The number of rotatable bonds is 14. The second kappa shape index (κ2) is 16.4. The minimum Gasteiger partial charge on any atom is -0.454 e. The van der Waals surface area contributed by atoms with E-state index in [9.17, 15) is 14.7 Å². The number of allylic oxidation sites excluding steroid dienone is 8. The van der Waals surface area contributed by atoms with Crippen LogP contribution in [-0.4, -0.2) is 40.8 Å². The molecule has 1 heterocycles. The van der Waals surface area contributed by atoms with E-state index in [1.807, 2.05) is 71.9 Å². The number of carbonyl (C=O) groups is 2. The third-order valence-corrected chi connectivity index (χ3v) is 6.88. The van der Waals surface area contributed by atoms with Crippen LogP contribution in [0.2, 0.25) is 0 Å². The lowest BCUT2D eigenvalue weighted by Gasteiger charge is -2.25. The predicted octanol–water partition coefficient (Wildman–Crippen LogP) is 6.30. The Morgan fingerprint density at radius 2 is 1.73 bits per heavy atom. The fourth-order valence-corrected chi connectivity index (χ4v) is 4.60. The molecular formula is C32H48O5. The summed E-state index contributed by atoms with van der Waals surface area (Å²) < 4.78 is 5.35. The fourth-order valence-electron chi connectivity index (χ4n) is 4.60. The Kier molecular flexibility index (Phi) is 14.4. The first-order valence-corrected chi connectivity index (χ1v) is 13.4. The fraction of sp³-hybridized carbons (Fsp3) is 0.562. The minimum absolute atomic E-state index is 0.0140. The highest BCUT2D eigenvalue weighted by molar-refractivity contribution is 5.85. The van der Waals surface area contributed by atoms with Gasteiger partial charge < -0.3 is 14.9 Å². The van der Waals surface area contributed by atoms with Gasteiger partial charge in [-0.15, -0.1) is 0 Å². The van der Waals surface area contributed by atoms with Gasteiger partial charge in [-0.1, -0.05) is 93.9 Å². The molecule has 0 aromatic rings. The van der Waals surface area contributed by atoms with E-state index < -0.39 is 12.0 Å². The molecule has 0 saturated heterocycles. The van der Waals surface area contributed by atoms with Crippen molar-refractivity contribution >= 4 is 11.8 Å². The molecule has 0 aromatic carbocycles. The van der Waals surface area contributed by atoms with Crippen molar-refractivity contribution in [1.29, 1.82) is 0 Å². The molecule has 2 N–H and O–H groups in total. The molecule has 206 valence electrons. The Balaban J connectivity index is 2.62. The zero-order valence-corrected chi connectivity index (χ0v) is 24.0. The normalized spacial score (nSPS) is 23.7. The summed E-state index contributed by atoms with van der Waals surface area (Å²) in [6.07, 6.45) is 17.9. The van der Waals surface area contributed by atoms with Gasteiger partial charge in [-0.25, -0.2) is 4.79 Å². The minimum atomic E-state index is -0.726. The quantitative estimate of drug-likeness (QED) is 0.162. The number of Topliss-reactive ketones (excluding diaryl/α,β-unsaturated/α-hetero) is 1. The summed E-state index contributed by atoms with van der Waals surface area (Å²) in [5.41, 5.74) is 3.15. The first kappa shape index (κ1) is 32.5. The first-order valence-electron chi connectivity index (χ1n) is 13.4. The summed E-state index contributed by atoms with van der Waals surface area (Å²) in [5, 5.41) is 19.7. The third-order valence-electron chi connectivity index (χ3n) is 6.88. The molecule has 0 aromatic heterocycles. The molecular weight excluding hydrogens is 464 g/mol. The van der Waals surface area contributed by atoms with Crippen molar-refractivity contribution in [3.8, 4) is 0 Å². The number of ketones is 1. The van der Waals surface area contributed by atoms with Gasteiger partial charge in [-0.3, -0.25) is 4.79 Å². The molecule has 5 heteroatoms. The molecule has 37 heavy (non-hydrogen) atoms. The molecule has 0 aliphatic carbocycles. The van der Waals surface area contributed by atoms with Crippen LogP contribution in [0.3, 0.4) is 0 Å². The molecule has 1 rings (SSSR count). The molecule has 0 radical (unpaired) electrons. The monoisotopic (exact) mass is 512 g/mol. The van der Waals surface area contributed by atoms with E-state index in [0.29, 0.717) is 12.3 Å². The Hall–Kier alpha value is -2.50. The van der Waals surface area contributed by atoms with Crippen LogP contribution in [0.15, 0.2) is 71.4 Å². The van der Waals surface area contributed by atoms with E-state index in [0.717, 1.165) is 23.1 Å². The number of aliphatic hydroxyl groups excluding tert-OH is 2. The summed E-state index contributed by atoms with van der Waals surface area (Å²) in [4.78, 5) is 24.4. The average Bonchev–Trinajstić information content (AvgIpc) is 2.83. The van der Waals surface area contributed by atoms with E-state index in [4.69, 9.17) is 9.84 Å². The van der Waals surface area contributed by atoms with Gasteiger partial charge in [0, 0.05) is 23.8 Å². The SMILES string of the molecule is CC(/C=C\C[C@@H](C)/C=C(C)\C=C\[C@H]1OC(=O)C=C[C@@H]1C)=C/[C@H](C)C(=O)[C@@H](C)[C@H](O)[C@@H](C)C/C(C)=C\CO. The molecule has 1 aliphatic heterocycles. The summed E-state index contributed by atoms with van der Waals surface area (Å²) in [5.74, 6) is -0.580. The van der Waals surface area contributed by atoms with Crippen LogP contribution in [-0.2, 0) is 14.3 Å². The Morgan fingerprint density at radius 3 is 2.38 bits per heavy atom. The van der Waals surface area contributed by atoms with Crippen LogP contribution in [0.25, 0.3) is 0 Å². The number of hydrogen-bond acceptors (Lipinski definition) is 5. The number of aliphatic hydroxyl groups is 2. The van der Waals surface area contributed by atoms with E-state index in [1.165, 1.54) is 6.08 Å². The maximum atomic E-state index is 12.9. The summed E-state index contributed by atoms with van der Waals surface area (Å²) in [6.45, 7) is 15.7. The largest absolute Gasteiger partial charge is 0.454 e. The van der Waals surface area contributed by atoms with Gasteiger partial charge in [0.15, 0.2) is 0 Å². The number of ether oxygens (including phenoxy) is 1. The van der Waals surface area contributed by atoms with Gasteiger partial charge in [0.1, 0.15) is 11.9 Å². The lowest BCUT2D eigenvalue weighted by atomic mass is 9.83. The smallest absolute Gasteiger partial charge is 0.331 e. The van der Waals surface area contributed by atoms with Crippen LogP contribution >= 0.6 is 0 Å². The van der Waals surface area contributed by atoms with E-state index >= 15 is 0 Å². The molecule has 5 nitrogen and oxygen atoms in total. The zero-order chi connectivity index (χ0) is 28.1. The van der Waals surface area contributed by atoms with Crippen molar-refractivity contribution in [2.45, 2.75) is 80.4 Å². The number of carbonyl (C=O) groups excluding carboxylic acids is 2. The van der Waals surface area contributed by atoms with Crippen molar-refractivity contribution in [2.24, 2.45) is 29.6 Å². The van der Waals surface area contributed by atoms with Gasteiger partial charge >= 0.3 is 5.97 Å². The maximum Gasteiger partial charge on any atom is 0.331 e. The molecule has 0 unspecified atom stereocenters. The predicted molar refractivity (Wildman–Crippen MR) is 152 cm³/mol. The van der Waals surface area contributed by atoms with Crippen LogP contribution in [0, 0.1) is 29.6 Å². The molecule has 0 spiro atoms. The van der Waals surface area contributed by atoms with Gasteiger partial charge in [-0.05, 0) is 51.5 Å². The van der Waals surface area contributed by atoms with Crippen molar-refractivity contribution in [2.75, 3.05) is 6.61 Å². The highest BCUT2D eigenvalue weighted by Gasteiger charge is 2.29. The Labute approximate surface area is 224 Å². The first-order chi connectivity index (χ1) is 17.3. The van der Waals surface area contributed by atoms with Gasteiger partial charge in [-0.2, -0.15) is 0 Å². The summed E-state index contributed by atoms with van der Waals surface area (Å²) >= 11 is 0. The van der Waals surface area contributed by atoms with Gasteiger partial charge in [0.2, 0.25) is 0 Å². The van der Waals surface area contributed by atoms with Gasteiger partial charge in [0.25, 0.3) is 0 Å². The lowest BCUT2D eigenvalue weighted by Crippen LogP contribution is -2.34. The van der Waals surface area contributed by atoms with E-state index in [1.54, 1.807) is 13.0 Å². The Morgan fingerprint density at radius 1 is 1.08 bits per heavy atom. The van der Waals surface area contributed by atoms with E-state index in [2.05, 4.69) is 19.1 Å². The topological polar surface area (TPSA) is 83.8 Å². The molecule has 0 saturated carbocycles. The van der Waals surface area contributed by atoms with Crippen molar-refractivity contribution in [3.05, 3.63) is 71.4 Å². The van der Waals surface area contributed by atoms with E-state index in [-0.39, 0.29) is 42.2 Å². The molecule has 1 aliphatic rings. The van der Waals surface area contributed by atoms with Crippen LogP contribution < -0.4 is 0 Å². The molecule has 0 fully saturated rings. The molecule has 0 amide bonds. The van der Waals surface area contributed by atoms with Crippen molar-refractivity contribution in [1.82, 2.24) is 0 Å². The number of hydrogen-bond donors (Lipinski definition) is 2. The maximum absolute atomic E-state index is 12.9. The average molecular weight is 513 g/mol. The highest BCUT2D eigenvalue weighted by atomic mass is 16.5. The number of cyclic esters (lactones) is 1. The van der Waals surface area contributed by atoms with Crippen LogP contribution in [0.1, 0.15) is 68.2 Å². The standard InChI is InChI=1S/C32H48O5/c1-21(18-23(3)12-14-29-25(5)13-15-30(34)37-29)10-9-11-22(2)19-26(6)31(35)28(8)32(36)27(7)20-24(4)16-17-33/h9,11-16,18-19,21,25-29,32-33,36H,10,17,20H2,1-8H3/b11-9-,14-12+,22-19-,23-18-,24-16-/t21-,25+,26+,27+,28-,29-,32-/m1/s1. The molecule has 0 bridgehead atoms.